The maximum absolute atomic E-state index is 12.4. The molecule has 2 atom stereocenters. The third kappa shape index (κ3) is 2.93. The quantitative estimate of drug-likeness (QED) is 0.890. The van der Waals surface area contributed by atoms with Crippen LogP contribution in [-0.4, -0.2) is 23.4 Å². The van der Waals surface area contributed by atoms with E-state index in [1.54, 1.807) is 11.3 Å². The van der Waals surface area contributed by atoms with E-state index in [0.717, 1.165) is 38.6 Å². The van der Waals surface area contributed by atoms with E-state index in [0.29, 0.717) is 0 Å². The fraction of sp³-hybridized carbons (Fsp3) is 0.643. The van der Waals surface area contributed by atoms with E-state index in [2.05, 4.69) is 24.4 Å². The summed E-state index contributed by atoms with van der Waals surface area (Å²) >= 11 is 1.74. The van der Waals surface area contributed by atoms with Crippen LogP contribution in [0.25, 0.3) is 0 Å². The molecule has 0 saturated carbocycles. The van der Waals surface area contributed by atoms with Gasteiger partial charge in [-0.1, -0.05) is 25.8 Å². The van der Waals surface area contributed by atoms with Gasteiger partial charge in [-0.15, -0.1) is 11.3 Å². The normalized spacial score (nSPS) is 21.2. The van der Waals surface area contributed by atoms with Crippen LogP contribution >= 0.6 is 11.3 Å². The van der Waals surface area contributed by atoms with Crippen LogP contribution in [0.4, 0.5) is 0 Å². The molecule has 2 N–H and O–H groups in total. The molecule has 2 rings (SSSR count). The maximum Gasteiger partial charge on any atom is 0.240 e. The number of thiophene rings is 1. The van der Waals surface area contributed by atoms with Crippen LogP contribution in [0.5, 0.6) is 0 Å². The first-order chi connectivity index (χ1) is 8.74. The highest BCUT2D eigenvalue weighted by atomic mass is 32.1. The average Bonchev–Trinajstić information content (AvgIpc) is 3.03. The Morgan fingerprint density at radius 2 is 2.50 bits per heavy atom. The summed E-state index contributed by atoms with van der Waals surface area (Å²) in [6.45, 7) is 2.99. The van der Waals surface area contributed by atoms with Crippen molar-refractivity contribution in [2.45, 2.75) is 51.1 Å². The molecule has 1 amide bonds. The maximum atomic E-state index is 12.4. The zero-order valence-electron chi connectivity index (χ0n) is 11.0. The molecule has 0 aliphatic carbocycles. The SMILES string of the molecule is CCCCC(N)C(=O)N1CCCC1c1cccs1. The lowest BCUT2D eigenvalue weighted by Crippen LogP contribution is -2.43. The fourth-order valence-electron chi connectivity index (χ4n) is 2.57. The van der Waals surface area contributed by atoms with E-state index < -0.39 is 0 Å². The van der Waals surface area contributed by atoms with Crippen molar-refractivity contribution in [1.29, 1.82) is 0 Å². The molecule has 1 aromatic rings. The van der Waals surface area contributed by atoms with Gasteiger partial charge in [-0.2, -0.15) is 0 Å². The van der Waals surface area contributed by atoms with Crippen molar-refractivity contribution >= 4 is 17.2 Å². The van der Waals surface area contributed by atoms with E-state index in [-0.39, 0.29) is 18.0 Å². The van der Waals surface area contributed by atoms with Gasteiger partial charge < -0.3 is 10.6 Å². The van der Waals surface area contributed by atoms with Gasteiger partial charge in [0.15, 0.2) is 0 Å². The van der Waals surface area contributed by atoms with E-state index in [9.17, 15) is 4.79 Å². The number of hydrogen-bond donors (Lipinski definition) is 1. The summed E-state index contributed by atoms with van der Waals surface area (Å²) in [5.74, 6) is 0.138. The van der Waals surface area contributed by atoms with Crippen molar-refractivity contribution < 1.29 is 4.79 Å². The molecule has 3 nitrogen and oxygen atoms in total. The first-order valence-corrected chi connectivity index (χ1v) is 7.71. The zero-order chi connectivity index (χ0) is 13.0. The largest absolute Gasteiger partial charge is 0.333 e. The van der Waals surface area contributed by atoms with Crippen molar-refractivity contribution in [3.63, 3.8) is 0 Å². The van der Waals surface area contributed by atoms with E-state index in [1.165, 1.54) is 4.88 Å². The van der Waals surface area contributed by atoms with Crippen molar-refractivity contribution in [2.24, 2.45) is 5.73 Å². The van der Waals surface area contributed by atoms with Crippen LogP contribution in [0.1, 0.15) is 49.9 Å². The summed E-state index contributed by atoms with van der Waals surface area (Å²) in [6, 6.07) is 4.13. The van der Waals surface area contributed by atoms with Gasteiger partial charge in [-0.05, 0) is 30.7 Å². The lowest BCUT2D eigenvalue weighted by Gasteiger charge is -2.26. The molecule has 2 unspecified atom stereocenters. The van der Waals surface area contributed by atoms with E-state index in [1.807, 2.05) is 4.90 Å². The number of nitrogens with two attached hydrogens (primary N) is 1. The number of likely N-dealkylation sites (tertiary alicyclic amines) is 1. The topological polar surface area (TPSA) is 46.3 Å². The van der Waals surface area contributed by atoms with Crippen molar-refractivity contribution in [1.82, 2.24) is 4.90 Å². The molecule has 1 saturated heterocycles. The van der Waals surface area contributed by atoms with Gasteiger partial charge in [0.05, 0.1) is 12.1 Å². The number of rotatable bonds is 5. The molecule has 18 heavy (non-hydrogen) atoms. The van der Waals surface area contributed by atoms with Crippen molar-refractivity contribution in [3.8, 4) is 0 Å². The van der Waals surface area contributed by atoms with Gasteiger partial charge in [0.25, 0.3) is 0 Å². The standard InChI is InChI=1S/C14H22N2OS/c1-2-3-6-11(15)14(17)16-9-4-7-12(16)13-8-5-10-18-13/h5,8,10-12H,2-4,6-7,9,15H2,1H3. The molecule has 1 aromatic heterocycles. The Hall–Kier alpha value is -0.870. The Labute approximate surface area is 113 Å². The average molecular weight is 266 g/mol. The zero-order valence-corrected chi connectivity index (χ0v) is 11.8. The molecule has 0 aromatic carbocycles. The van der Waals surface area contributed by atoms with Crippen LogP contribution in [-0.2, 0) is 4.79 Å². The second kappa shape index (κ2) is 6.34. The summed E-state index contributed by atoms with van der Waals surface area (Å²) in [5, 5.41) is 2.08. The third-order valence-electron chi connectivity index (χ3n) is 3.59. The Kier molecular flexibility index (Phi) is 4.78. The lowest BCUT2D eigenvalue weighted by atomic mass is 10.1. The molecule has 4 heteroatoms. The van der Waals surface area contributed by atoms with E-state index >= 15 is 0 Å². The first-order valence-electron chi connectivity index (χ1n) is 6.83. The summed E-state index contributed by atoms with van der Waals surface area (Å²) in [6.07, 6.45) is 5.10. The minimum absolute atomic E-state index is 0.138. The van der Waals surface area contributed by atoms with Crippen LogP contribution < -0.4 is 5.73 Å². The molecule has 0 radical (unpaired) electrons. The second-order valence-corrected chi connectivity index (χ2v) is 5.93. The Balaban J connectivity index is 2.00. The molecule has 0 spiro atoms. The molecule has 1 fully saturated rings. The molecule has 1 aliphatic rings. The van der Waals surface area contributed by atoms with Gasteiger partial charge in [0, 0.05) is 11.4 Å². The van der Waals surface area contributed by atoms with Crippen LogP contribution in [0.15, 0.2) is 17.5 Å². The highest BCUT2D eigenvalue weighted by molar-refractivity contribution is 7.10. The molecule has 0 bridgehead atoms. The number of hydrogen-bond acceptors (Lipinski definition) is 3. The number of carbonyl (C=O) groups is 1. The minimum Gasteiger partial charge on any atom is -0.333 e. The number of nitrogens with zero attached hydrogens (tertiary/aromatic N) is 1. The lowest BCUT2D eigenvalue weighted by molar-refractivity contribution is -0.133. The summed E-state index contributed by atoms with van der Waals surface area (Å²) in [4.78, 5) is 15.6. The molecule has 1 aliphatic heterocycles. The monoisotopic (exact) mass is 266 g/mol. The Bertz CT molecular complexity index is 377. The Morgan fingerprint density at radius 3 is 3.17 bits per heavy atom. The second-order valence-electron chi connectivity index (χ2n) is 4.95. The highest BCUT2D eigenvalue weighted by Crippen LogP contribution is 2.34. The number of carbonyl (C=O) groups excluding carboxylic acids is 1. The third-order valence-corrected chi connectivity index (χ3v) is 4.57. The van der Waals surface area contributed by atoms with Crippen LogP contribution in [0.2, 0.25) is 0 Å². The van der Waals surface area contributed by atoms with Gasteiger partial charge in [-0.3, -0.25) is 4.79 Å². The number of unbranched alkanes of at least 4 members (excludes halogenated alkanes) is 1. The molecule has 100 valence electrons. The van der Waals surface area contributed by atoms with Crippen LogP contribution in [0.3, 0.4) is 0 Å². The molecular formula is C14H22N2OS. The van der Waals surface area contributed by atoms with E-state index in [4.69, 9.17) is 5.73 Å². The van der Waals surface area contributed by atoms with Crippen molar-refractivity contribution in [2.75, 3.05) is 6.54 Å². The van der Waals surface area contributed by atoms with Gasteiger partial charge in [0.2, 0.25) is 5.91 Å². The fourth-order valence-corrected chi connectivity index (χ4v) is 3.44. The summed E-state index contributed by atoms with van der Waals surface area (Å²) < 4.78 is 0. The van der Waals surface area contributed by atoms with Gasteiger partial charge in [0.1, 0.15) is 0 Å². The highest BCUT2D eigenvalue weighted by Gasteiger charge is 2.32. The van der Waals surface area contributed by atoms with Gasteiger partial charge in [-0.25, -0.2) is 0 Å². The molecular weight excluding hydrogens is 244 g/mol. The van der Waals surface area contributed by atoms with Gasteiger partial charge >= 0.3 is 0 Å². The predicted octanol–water partition coefficient (Wildman–Crippen LogP) is 2.93. The predicted molar refractivity (Wildman–Crippen MR) is 75.5 cm³/mol. The summed E-state index contributed by atoms with van der Waals surface area (Å²) in [5.41, 5.74) is 6.01. The summed E-state index contributed by atoms with van der Waals surface area (Å²) in [7, 11) is 0. The van der Waals surface area contributed by atoms with Crippen LogP contribution in [0, 0.1) is 0 Å². The smallest absolute Gasteiger partial charge is 0.240 e. The molecule has 2 heterocycles. The number of amides is 1. The minimum atomic E-state index is -0.314. The van der Waals surface area contributed by atoms with Crippen molar-refractivity contribution in [3.05, 3.63) is 22.4 Å². The Morgan fingerprint density at radius 1 is 1.67 bits per heavy atom. The first kappa shape index (κ1) is 13.6.